The predicted molar refractivity (Wildman–Crippen MR) is 60.9 cm³/mol. The molecule has 0 bridgehead atoms. The summed E-state index contributed by atoms with van der Waals surface area (Å²) in [5, 5.41) is 7.90. The van der Waals surface area contributed by atoms with Gasteiger partial charge in [0.2, 0.25) is 11.8 Å². The summed E-state index contributed by atoms with van der Waals surface area (Å²) in [7, 11) is 0. The Bertz CT molecular complexity index is 390. The smallest absolute Gasteiger partial charge is 0.248 e. The minimum Gasteiger partial charge on any atom is -0.421 e. The number of nitrogens with zero attached hydrogens (tertiary/aromatic N) is 2. The van der Waals surface area contributed by atoms with Gasteiger partial charge in [-0.2, -0.15) is 0 Å². The van der Waals surface area contributed by atoms with Crippen molar-refractivity contribution in [3.8, 4) is 0 Å². The Morgan fingerprint density at radius 1 is 1.46 bits per heavy atom. The molecule has 3 nitrogen and oxygen atoms in total. The zero-order valence-corrected chi connectivity index (χ0v) is 9.35. The topological polar surface area (TPSA) is 38.9 Å². The van der Waals surface area contributed by atoms with Crippen molar-refractivity contribution in [2.24, 2.45) is 0 Å². The van der Waals surface area contributed by atoms with Crippen molar-refractivity contribution in [1.29, 1.82) is 0 Å². The van der Waals surface area contributed by atoms with Crippen LogP contribution in [0.15, 0.2) is 20.7 Å². The van der Waals surface area contributed by atoms with Gasteiger partial charge in [0, 0.05) is 12.0 Å². The highest BCUT2D eigenvalue weighted by Crippen LogP contribution is 2.18. The van der Waals surface area contributed by atoms with Crippen molar-refractivity contribution >= 4 is 30.3 Å². The van der Waals surface area contributed by atoms with Crippen molar-refractivity contribution in [3.63, 3.8) is 0 Å². The van der Waals surface area contributed by atoms with Crippen molar-refractivity contribution in [1.82, 2.24) is 10.2 Å². The fraction of sp³-hybridized carbons (Fsp3) is 0.222. The van der Waals surface area contributed by atoms with E-state index in [2.05, 4.69) is 24.4 Å². The second-order valence-corrected chi connectivity index (χ2v) is 4.59. The normalized spacial score (nSPS) is 15.3. The maximum absolute atomic E-state index is 5.43. The van der Waals surface area contributed by atoms with E-state index in [4.69, 9.17) is 4.42 Å². The van der Waals surface area contributed by atoms with Gasteiger partial charge in [0.25, 0.3) is 0 Å². The fourth-order valence-electron chi connectivity index (χ4n) is 0.954. The van der Waals surface area contributed by atoms with E-state index in [0.717, 1.165) is 12.0 Å². The Hall–Kier alpha value is -0.780. The highest BCUT2D eigenvalue weighted by molar-refractivity contribution is 14.2. The third-order valence-corrected chi connectivity index (χ3v) is 3.48. The van der Waals surface area contributed by atoms with E-state index >= 15 is 0 Å². The molecule has 1 aliphatic rings. The Morgan fingerprint density at radius 3 is 3.00 bits per heavy atom. The minimum atomic E-state index is 0.0519. The molecule has 0 amide bonds. The van der Waals surface area contributed by atoms with Gasteiger partial charge in [0.1, 0.15) is 0 Å². The molecular weight excluding hydrogens is 279 g/mol. The molecule has 4 heteroatoms. The first-order valence-corrected chi connectivity index (χ1v) is 6.54. The number of halogens is 1. The van der Waals surface area contributed by atoms with Crippen LogP contribution in [0.2, 0.25) is 0 Å². The van der Waals surface area contributed by atoms with Crippen LogP contribution in [0.3, 0.4) is 0 Å². The quantitative estimate of drug-likeness (QED) is 0.784. The number of rotatable bonds is 2. The third-order valence-electron chi connectivity index (χ3n) is 1.62. The van der Waals surface area contributed by atoms with Gasteiger partial charge in [0.05, 0.1) is 0 Å². The summed E-state index contributed by atoms with van der Waals surface area (Å²) >= 11 is 0.0519. The lowest BCUT2D eigenvalue weighted by atomic mass is 10.3. The summed E-state index contributed by atoms with van der Waals surface area (Å²) in [4.78, 5) is 0. The molecular formula is C9H9IN2O. The van der Waals surface area contributed by atoms with Crippen LogP contribution in [0.4, 0.5) is 0 Å². The zero-order valence-electron chi connectivity index (χ0n) is 7.20. The van der Waals surface area contributed by atoms with Gasteiger partial charge < -0.3 is 4.42 Å². The van der Waals surface area contributed by atoms with E-state index in [1.54, 1.807) is 0 Å². The first kappa shape index (κ1) is 8.80. The molecule has 1 aromatic rings. The largest absolute Gasteiger partial charge is 0.421 e. The lowest BCUT2D eigenvalue weighted by Gasteiger charge is -1.94. The number of aromatic nitrogens is 2. The standard InChI is InChI=1S/C9H9IN2O/c1-2-8-11-12-9(13-8)7-4-3-5-10-6-7/h3-6H,2H2,1H3. The van der Waals surface area contributed by atoms with E-state index in [9.17, 15) is 0 Å². The number of aryl methyl sites for hydroxylation is 1. The van der Waals surface area contributed by atoms with Crippen LogP contribution >= 0.6 is 20.7 Å². The Kier molecular flexibility index (Phi) is 2.68. The summed E-state index contributed by atoms with van der Waals surface area (Å²) in [5.74, 6) is 1.36. The number of allylic oxidation sites excluding steroid dienone is 3. The molecule has 0 aliphatic carbocycles. The minimum absolute atomic E-state index is 0.0519. The Labute approximate surface area is 86.3 Å². The zero-order chi connectivity index (χ0) is 9.10. The highest BCUT2D eigenvalue weighted by Gasteiger charge is 2.07. The van der Waals surface area contributed by atoms with Crippen LogP contribution in [0, 0.1) is 0 Å². The van der Waals surface area contributed by atoms with Gasteiger partial charge in [-0.3, -0.25) is 0 Å². The average molecular weight is 288 g/mol. The van der Waals surface area contributed by atoms with Crippen molar-refractivity contribution in [2.45, 2.75) is 13.3 Å². The van der Waals surface area contributed by atoms with Gasteiger partial charge in [-0.15, -0.1) is 10.2 Å². The molecule has 0 atom stereocenters. The second-order valence-electron chi connectivity index (χ2n) is 2.53. The van der Waals surface area contributed by atoms with Gasteiger partial charge in [-0.05, 0) is 14.2 Å². The van der Waals surface area contributed by atoms with E-state index in [1.807, 2.05) is 13.0 Å². The van der Waals surface area contributed by atoms with E-state index in [1.165, 1.54) is 0 Å². The molecule has 0 unspecified atom stereocenters. The van der Waals surface area contributed by atoms with Gasteiger partial charge in [-0.25, -0.2) is 0 Å². The SMILES string of the molecule is CCc1nnc(C2=CC=CI=C2)o1. The van der Waals surface area contributed by atoms with Crippen LogP contribution in [-0.4, -0.2) is 14.2 Å². The summed E-state index contributed by atoms with van der Waals surface area (Å²) in [6.07, 6.45) is 4.86. The summed E-state index contributed by atoms with van der Waals surface area (Å²) < 4.78 is 9.81. The molecule has 13 heavy (non-hydrogen) atoms. The van der Waals surface area contributed by atoms with Crippen LogP contribution in [0.25, 0.3) is 5.57 Å². The summed E-state index contributed by atoms with van der Waals surface area (Å²) in [6, 6.07) is 0. The summed E-state index contributed by atoms with van der Waals surface area (Å²) in [5.41, 5.74) is 1.07. The predicted octanol–water partition coefficient (Wildman–Crippen LogP) is 2.32. The van der Waals surface area contributed by atoms with Crippen LogP contribution in [0.1, 0.15) is 18.7 Å². The van der Waals surface area contributed by atoms with Crippen LogP contribution in [-0.2, 0) is 6.42 Å². The molecule has 2 rings (SSSR count). The van der Waals surface area contributed by atoms with Gasteiger partial charge in [0.15, 0.2) is 0 Å². The van der Waals surface area contributed by atoms with E-state index in [-0.39, 0.29) is 20.7 Å². The van der Waals surface area contributed by atoms with E-state index < -0.39 is 0 Å². The lowest BCUT2D eigenvalue weighted by Crippen LogP contribution is -1.85. The third kappa shape index (κ3) is 1.93. The highest BCUT2D eigenvalue weighted by atomic mass is 127. The molecule has 2 heterocycles. The monoisotopic (exact) mass is 288 g/mol. The van der Waals surface area contributed by atoms with Gasteiger partial charge in [-0.1, -0.05) is 33.7 Å². The van der Waals surface area contributed by atoms with Crippen LogP contribution < -0.4 is 0 Å². The molecule has 0 saturated carbocycles. The molecule has 0 spiro atoms. The van der Waals surface area contributed by atoms with Gasteiger partial charge >= 0.3 is 0 Å². The number of hydrogen-bond donors (Lipinski definition) is 0. The first-order valence-electron chi connectivity index (χ1n) is 4.05. The second kappa shape index (κ2) is 3.95. The Morgan fingerprint density at radius 2 is 2.38 bits per heavy atom. The van der Waals surface area contributed by atoms with Crippen molar-refractivity contribution in [2.75, 3.05) is 0 Å². The molecule has 68 valence electrons. The maximum Gasteiger partial charge on any atom is 0.248 e. The maximum atomic E-state index is 5.43. The first-order chi connectivity index (χ1) is 6.40. The van der Waals surface area contributed by atoms with Crippen molar-refractivity contribution in [3.05, 3.63) is 28.0 Å². The average Bonchev–Trinajstić information content (AvgIpc) is 2.67. The number of hydrogen-bond acceptors (Lipinski definition) is 3. The summed E-state index contributed by atoms with van der Waals surface area (Å²) in [6.45, 7) is 2.00. The van der Waals surface area contributed by atoms with Crippen molar-refractivity contribution < 1.29 is 4.42 Å². The lowest BCUT2D eigenvalue weighted by molar-refractivity contribution is 0.490. The molecule has 0 aromatic carbocycles. The molecule has 1 aromatic heterocycles. The molecule has 0 N–H and O–H groups in total. The van der Waals surface area contributed by atoms with Crippen LogP contribution in [0.5, 0.6) is 0 Å². The molecule has 1 aliphatic heterocycles. The Balaban J connectivity index is 2.30. The molecule has 0 fully saturated rings. The molecule has 0 radical (unpaired) electrons. The fourth-order valence-corrected chi connectivity index (χ4v) is 2.47. The van der Waals surface area contributed by atoms with E-state index in [0.29, 0.717) is 11.8 Å². The molecule has 0 saturated heterocycles.